The van der Waals surface area contributed by atoms with Crippen LogP contribution in [0.2, 0.25) is 0 Å². The summed E-state index contributed by atoms with van der Waals surface area (Å²) in [6.07, 6.45) is -4.44. The van der Waals surface area contributed by atoms with E-state index < -0.39 is 17.6 Å². The molecule has 0 aliphatic rings. The highest BCUT2D eigenvalue weighted by molar-refractivity contribution is 5.61. The molecule has 0 radical (unpaired) electrons. The van der Waals surface area contributed by atoms with E-state index in [4.69, 9.17) is 5.26 Å². The van der Waals surface area contributed by atoms with Gasteiger partial charge >= 0.3 is 6.18 Å². The van der Waals surface area contributed by atoms with Gasteiger partial charge in [-0.15, -0.1) is 0 Å². The first-order chi connectivity index (χ1) is 9.40. The summed E-state index contributed by atoms with van der Waals surface area (Å²) < 4.78 is 51.0. The van der Waals surface area contributed by atoms with Crippen molar-refractivity contribution in [3.63, 3.8) is 0 Å². The molecule has 2 rings (SSSR count). The number of nitrogens with one attached hydrogen (secondary N) is 1. The number of nitriles is 1. The Morgan fingerprint density at radius 2 is 1.70 bits per heavy atom. The molecule has 2 aromatic rings. The predicted molar refractivity (Wildman–Crippen MR) is 65.8 cm³/mol. The number of hydrogen-bond acceptors (Lipinski definition) is 2. The molecular weight excluding hydrogens is 272 g/mol. The molecule has 6 heteroatoms. The minimum atomic E-state index is -4.44. The summed E-state index contributed by atoms with van der Waals surface area (Å²) in [5.41, 5.74) is -0.471. The molecule has 0 fully saturated rings. The topological polar surface area (TPSA) is 35.8 Å². The largest absolute Gasteiger partial charge is 0.416 e. The number of rotatable bonds is 2. The van der Waals surface area contributed by atoms with Crippen LogP contribution in [-0.2, 0) is 6.18 Å². The average molecular weight is 280 g/mol. The van der Waals surface area contributed by atoms with E-state index in [1.165, 1.54) is 24.3 Å². The Bertz CT molecular complexity index is 672. The van der Waals surface area contributed by atoms with E-state index in [2.05, 4.69) is 5.32 Å². The fourth-order valence-electron chi connectivity index (χ4n) is 1.62. The number of halogens is 4. The summed E-state index contributed by atoms with van der Waals surface area (Å²) >= 11 is 0. The maximum absolute atomic E-state index is 13.4. The zero-order valence-corrected chi connectivity index (χ0v) is 10.0. The summed E-state index contributed by atoms with van der Waals surface area (Å²) in [7, 11) is 0. The number of anilines is 2. The lowest BCUT2D eigenvalue weighted by molar-refractivity contribution is -0.137. The van der Waals surface area contributed by atoms with Crippen molar-refractivity contribution in [1.82, 2.24) is 0 Å². The maximum Gasteiger partial charge on any atom is 0.416 e. The molecule has 102 valence electrons. The normalized spacial score (nSPS) is 10.9. The van der Waals surface area contributed by atoms with E-state index in [1.54, 1.807) is 6.07 Å². The van der Waals surface area contributed by atoms with Crippen LogP contribution >= 0.6 is 0 Å². The third kappa shape index (κ3) is 3.06. The SMILES string of the molecule is N#Cc1ccc(Nc2cccc(C(F)(F)F)c2)cc1F. The van der Waals surface area contributed by atoms with E-state index >= 15 is 0 Å². The van der Waals surface area contributed by atoms with E-state index in [0.717, 1.165) is 18.2 Å². The Balaban J connectivity index is 2.27. The van der Waals surface area contributed by atoms with Crippen LogP contribution in [0.1, 0.15) is 11.1 Å². The summed E-state index contributed by atoms with van der Waals surface area (Å²) in [5.74, 6) is -0.732. The molecule has 20 heavy (non-hydrogen) atoms. The standard InChI is InChI=1S/C14H8F4N2/c15-13-7-12(5-4-9(13)8-19)20-11-3-1-2-10(6-11)14(16,17)18/h1-7,20H. The van der Waals surface area contributed by atoms with Crippen molar-refractivity contribution in [1.29, 1.82) is 5.26 Å². The van der Waals surface area contributed by atoms with Gasteiger partial charge < -0.3 is 5.32 Å². The Morgan fingerprint density at radius 1 is 1.00 bits per heavy atom. The van der Waals surface area contributed by atoms with Crippen molar-refractivity contribution in [2.75, 3.05) is 5.32 Å². The first-order valence-electron chi connectivity index (χ1n) is 5.54. The van der Waals surface area contributed by atoms with Crippen molar-refractivity contribution >= 4 is 11.4 Å². The van der Waals surface area contributed by atoms with E-state index in [-0.39, 0.29) is 16.9 Å². The summed E-state index contributed by atoms with van der Waals surface area (Å²) in [6.45, 7) is 0. The minimum Gasteiger partial charge on any atom is -0.355 e. The molecule has 1 N–H and O–H groups in total. The molecule has 0 atom stereocenters. The Hall–Kier alpha value is -2.55. The van der Waals surface area contributed by atoms with Gasteiger partial charge in [-0.3, -0.25) is 0 Å². The van der Waals surface area contributed by atoms with Gasteiger partial charge in [-0.1, -0.05) is 6.07 Å². The third-order valence-corrected chi connectivity index (χ3v) is 2.57. The van der Waals surface area contributed by atoms with Gasteiger partial charge in [0, 0.05) is 11.4 Å². The molecule has 2 nitrogen and oxygen atoms in total. The maximum atomic E-state index is 13.4. The smallest absolute Gasteiger partial charge is 0.355 e. The fourth-order valence-corrected chi connectivity index (χ4v) is 1.62. The Kier molecular flexibility index (Phi) is 3.61. The highest BCUT2D eigenvalue weighted by Gasteiger charge is 2.30. The second-order valence-electron chi connectivity index (χ2n) is 4.01. The Morgan fingerprint density at radius 3 is 2.30 bits per heavy atom. The second kappa shape index (κ2) is 5.21. The van der Waals surface area contributed by atoms with Gasteiger partial charge in [0.1, 0.15) is 11.9 Å². The summed E-state index contributed by atoms with van der Waals surface area (Å²) in [5, 5.41) is 11.2. The number of hydrogen-bond donors (Lipinski definition) is 1. The van der Waals surface area contributed by atoms with E-state index in [1.807, 2.05) is 0 Å². The van der Waals surface area contributed by atoms with Gasteiger partial charge in [-0.25, -0.2) is 4.39 Å². The van der Waals surface area contributed by atoms with Crippen LogP contribution in [0.15, 0.2) is 42.5 Å². The molecule has 0 bridgehead atoms. The summed E-state index contributed by atoms with van der Waals surface area (Å²) in [6, 6.07) is 9.96. The lowest BCUT2D eigenvalue weighted by Crippen LogP contribution is -2.05. The van der Waals surface area contributed by atoms with Crippen LogP contribution in [0.25, 0.3) is 0 Å². The lowest BCUT2D eigenvalue weighted by atomic mass is 10.1. The molecule has 0 saturated heterocycles. The monoisotopic (exact) mass is 280 g/mol. The first-order valence-corrected chi connectivity index (χ1v) is 5.54. The quantitative estimate of drug-likeness (QED) is 0.824. The van der Waals surface area contributed by atoms with Crippen LogP contribution in [0.4, 0.5) is 28.9 Å². The second-order valence-corrected chi connectivity index (χ2v) is 4.01. The predicted octanol–water partition coefficient (Wildman–Crippen LogP) is 4.46. The van der Waals surface area contributed by atoms with Gasteiger partial charge in [0.05, 0.1) is 11.1 Å². The van der Waals surface area contributed by atoms with Crippen LogP contribution < -0.4 is 5.32 Å². The van der Waals surface area contributed by atoms with Gasteiger partial charge in [-0.05, 0) is 36.4 Å². The fraction of sp³-hybridized carbons (Fsp3) is 0.0714. The number of nitrogens with zero attached hydrogens (tertiary/aromatic N) is 1. The molecule has 0 saturated carbocycles. The zero-order chi connectivity index (χ0) is 14.8. The third-order valence-electron chi connectivity index (χ3n) is 2.57. The minimum absolute atomic E-state index is 0.125. The van der Waals surface area contributed by atoms with Gasteiger partial charge in [0.15, 0.2) is 0 Å². The lowest BCUT2D eigenvalue weighted by Gasteiger charge is -2.10. The average Bonchev–Trinajstić information content (AvgIpc) is 2.38. The highest BCUT2D eigenvalue weighted by Crippen LogP contribution is 2.31. The Labute approximate surface area is 112 Å². The summed E-state index contributed by atoms with van der Waals surface area (Å²) in [4.78, 5) is 0. The van der Waals surface area contributed by atoms with Crippen molar-refractivity contribution < 1.29 is 17.6 Å². The van der Waals surface area contributed by atoms with Gasteiger partial charge in [0.25, 0.3) is 0 Å². The van der Waals surface area contributed by atoms with Crippen LogP contribution in [0.3, 0.4) is 0 Å². The number of alkyl halides is 3. The van der Waals surface area contributed by atoms with Crippen molar-refractivity contribution in [3.8, 4) is 6.07 Å². The van der Waals surface area contributed by atoms with Crippen molar-refractivity contribution in [3.05, 3.63) is 59.4 Å². The highest BCUT2D eigenvalue weighted by atomic mass is 19.4. The molecule has 0 amide bonds. The molecule has 0 unspecified atom stereocenters. The van der Waals surface area contributed by atoms with E-state index in [9.17, 15) is 17.6 Å². The van der Waals surface area contributed by atoms with Crippen LogP contribution in [0.5, 0.6) is 0 Å². The molecule has 0 heterocycles. The molecular formula is C14H8F4N2. The molecule has 0 aromatic heterocycles. The molecule has 0 aliphatic carbocycles. The van der Waals surface area contributed by atoms with Crippen LogP contribution in [0, 0.1) is 17.1 Å². The molecule has 0 aliphatic heterocycles. The zero-order valence-electron chi connectivity index (χ0n) is 10.0. The van der Waals surface area contributed by atoms with Gasteiger partial charge in [-0.2, -0.15) is 18.4 Å². The van der Waals surface area contributed by atoms with Gasteiger partial charge in [0.2, 0.25) is 0 Å². The van der Waals surface area contributed by atoms with Crippen molar-refractivity contribution in [2.24, 2.45) is 0 Å². The van der Waals surface area contributed by atoms with Crippen LogP contribution in [-0.4, -0.2) is 0 Å². The molecule has 0 spiro atoms. The first kappa shape index (κ1) is 13.9. The van der Waals surface area contributed by atoms with Crippen molar-refractivity contribution in [2.45, 2.75) is 6.18 Å². The molecule has 2 aromatic carbocycles. The van der Waals surface area contributed by atoms with E-state index in [0.29, 0.717) is 0 Å². The number of benzene rings is 2.